The number of nitrogens with one attached hydrogen (secondary N) is 1. The predicted molar refractivity (Wildman–Crippen MR) is 137 cm³/mol. The van der Waals surface area contributed by atoms with Crippen LogP contribution >= 0.6 is 0 Å². The Labute approximate surface area is 211 Å². The lowest BCUT2D eigenvalue weighted by Crippen LogP contribution is -2.64. The molecule has 1 aliphatic carbocycles. The van der Waals surface area contributed by atoms with Crippen LogP contribution in [0.5, 0.6) is 11.5 Å². The number of rotatable bonds is 5. The number of nitrogens with zero attached hydrogens (tertiary/aromatic N) is 2. The molecule has 2 fully saturated rings. The first kappa shape index (κ1) is 23.0. The quantitative estimate of drug-likeness (QED) is 0.571. The largest absolute Gasteiger partial charge is 0.493 e. The third kappa shape index (κ3) is 3.64. The molecular weight excluding hydrogens is 454 g/mol. The molecule has 7 heteroatoms. The number of hydrogen-bond acceptors (Lipinski definition) is 4. The average Bonchev–Trinajstić information content (AvgIpc) is 3.53. The van der Waals surface area contributed by atoms with E-state index < -0.39 is 12.1 Å². The number of aromatic nitrogens is 1. The van der Waals surface area contributed by atoms with E-state index in [-0.39, 0.29) is 30.5 Å². The Morgan fingerprint density at radius 1 is 1.03 bits per heavy atom. The number of para-hydroxylation sites is 1. The van der Waals surface area contributed by atoms with Crippen molar-refractivity contribution in [2.45, 2.75) is 70.2 Å². The summed E-state index contributed by atoms with van der Waals surface area (Å²) in [6, 6.07) is 13.3. The summed E-state index contributed by atoms with van der Waals surface area (Å²) in [5.41, 5.74) is 4.01. The fourth-order valence-corrected chi connectivity index (χ4v) is 6.36. The summed E-state index contributed by atoms with van der Waals surface area (Å²) in [4.78, 5) is 35.0. The van der Waals surface area contributed by atoms with Crippen LogP contribution in [0.4, 0.5) is 0 Å². The highest BCUT2D eigenvalue weighted by atomic mass is 16.5. The van der Waals surface area contributed by atoms with Crippen molar-refractivity contribution in [3.05, 3.63) is 59.3 Å². The fourth-order valence-electron chi connectivity index (χ4n) is 6.36. The summed E-state index contributed by atoms with van der Waals surface area (Å²) in [5.74, 6) is 1.36. The number of methoxy groups -OCH3 is 1. The summed E-state index contributed by atoms with van der Waals surface area (Å²) in [6.07, 6.45) is 4.75. The number of carbonyl (C=O) groups is 2. The highest BCUT2D eigenvalue weighted by Crippen LogP contribution is 2.45. The topological polar surface area (TPSA) is 74.9 Å². The molecule has 1 saturated carbocycles. The van der Waals surface area contributed by atoms with E-state index in [1.165, 1.54) is 0 Å². The van der Waals surface area contributed by atoms with Crippen molar-refractivity contribution >= 4 is 22.7 Å². The summed E-state index contributed by atoms with van der Waals surface area (Å²) >= 11 is 0. The van der Waals surface area contributed by atoms with Crippen LogP contribution in [-0.2, 0) is 16.0 Å². The number of hydrogen-bond donors (Lipinski definition) is 1. The van der Waals surface area contributed by atoms with Gasteiger partial charge in [-0.25, -0.2) is 0 Å². The number of amides is 2. The van der Waals surface area contributed by atoms with Crippen LogP contribution in [0, 0.1) is 0 Å². The van der Waals surface area contributed by atoms with E-state index in [9.17, 15) is 9.59 Å². The van der Waals surface area contributed by atoms with Crippen molar-refractivity contribution in [1.82, 2.24) is 14.8 Å². The van der Waals surface area contributed by atoms with Crippen molar-refractivity contribution in [1.29, 1.82) is 0 Å². The van der Waals surface area contributed by atoms with E-state index in [1.807, 2.05) is 54.0 Å². The molecule has 0 radical (unpaired) electrons. The Bertz CT molecular complexity index is 1320. The Balaban J connectivity index is 1.49. The third-order valence-electron chi connectivity index (χ3n) is 7.92. The average molecular weight is 488 g/mol. The number of carbonyl (C=O) groups excluding carboxylic acids is 2. The minimum absolute atomic E-state index is 0.00211. The zero-order chi connectivity index (χ0) is 25.0. The highest BCUT2D eigenvalue weighted by Gasteiger charge is 2.49. The zero-order valence-corrected chi connectivity index (χ0v) is 21.1. The lowest BCUT2D eigenvalue weighted by molar-refractivity contribution is -0.160. The molecule has 2 aliphatic heterocycles. The molecule has 1 aromatic heterocycles. The van der Waals surface area contributed by atoms with Gasteiger partial charge in [0.05, 0.1) is 19.3 Å². The molecule has 6 rings (SSSR count). The van der Waals surface area contributed by atoms with Gasteiger partial charge in [-0.2, -0.15) is 0 Å². The molecule has 0 bridgehead atoms. The van der Waals surface area contributed by atoms with E-state index in [2.05, 4.69) is 17.1 Å². The molecule has 3 aromatic rings. The molecule has 1 N–H and O–H groups in total. The number of fused-ring (bicyclic) bond motifs is 4. The number of piperazine rings is 1. The molecule has 3 aliphatic rings. The first-order valence-electron chi connectivity index (χ1n) is 13.0. The second-order valence-corrected chi connectivity index (χ2v) is 10.5. The Morgan fingerprint density at radius 2 is 1.81 bits per heavy atom. The van der Waals surface area contributed by atoms with Gasteiger partial charge in [-0.1, -0.05) is 37.1 Å². The van der Waals surface area contributed by atoms with Crippen LogP contribution in [0.25, 0.3) is 10.9 Å². The standard InChI is InChI=1S/C29H33N3O4/c1-17(2)36-24-13-12-18(14-25(24)35-3)28-27-21(20-10-6-7-11-22(20)30-27)15-23-29(34)31(16-26(33)32(23)28)19-8-4-5-9-19/h6-7,10-14,17,19,23,28,30H,4-5,8-9,15-16H2,1-3H3/t23-,28?/m0/s1. The molecule has 1 unspecified atom stereocenters. The van der Waals surface area contributed by atoms with Gasteiger partial charge in [-0.05, 0) is 56.0 Å². The molecule has 2 atom stereocenters. The van der Waals surface area contributed by atoms with E-state index >= 15 is 0 Å². The minimum Gasteiger partial charge on any atom is -0.493 e. The maximum atomic E-state index is 13.9. The van der Waals surface area contributed by atoms with E-state index in [4.69, 9.17) is 9.47 Å². The van der Waals surface area contributed by atoms with Crippen molar-refractivity contribution in [3.63, 3.8) is 0 Å². The molecule has 2 aromatic carbocycles. The first-order chi connectivity index (χ1) is 17.5. The number of benzene rings is 2. The van der Waals surface area contributed by atoms with Gasteiger partial charge in [0.15, 0.2) is 11.5 Å². The zero-order valence-electron chi connectivity index (χ0n) is 21.1. The van der Waals surface area contributed by atoms with Crippen molar-refractivity contribution in [2.75, 3.05) is 13.7 Å². The summed E-state index contributed by atoms with van der Waals surface area (Å²) < 4.78 is 11.6. The van der Waals surface area contributed by atoms with Gasteiger partial charge in [0.1, 0.15) is 12.6 Å². The van der Waals surface area contributed by atoms with E-state index in [0.717, 1.165) is 53.4 Å². The van der Waals surface area contributed by atoms with Crippen LogP contribution in [0.15, 0.2) is 42.5 Å². The first-order valence-corrected chi connectivity index (χ1v) is 13.0. The van der Waals surface area contributed by atoms with Gasteiger partial charge in [0, 0.05) is 29.1 Å². The second kappa shape index (κ2) is 8.87. The van der Waals surface area contributed by atoms with Crippen LogP contribution in [0.2, 0.25) is 0 Å². The van der Waals surface area contributed by atoms with Gasteiger partial charge in [-0.15, -0.1) is 0 Å². The number of ether oxygens (including phenoxy) is 2. The number of H-pyrrole nitrogens is 1. The van der Waals surface area contributed by atoms with Gasteiger partial charge in [0.25, 0.3) is 0 Å². The van der Waals surface area contributed by atoms with Crippen molar-refractivity contribution in [2.24, 2.45) is 0 Å². The van der Waals surface area contributed by atoms with Gasteiger partial charge >= 0.3 is 0 Å². The summed E-state index contributed by atoms with van der Waals surface area (Å²) in [5, 5.41) is 1.11. The maximum Gasteiger partial charge on any atom is 0.246 e. The van der Waals surface area contributed by atoms with Crippen molar-refractivity contribution < 1.29 is 19.1 Å². The van der Waals surface area contributed by atoms with Crippen molar-refractivity contribution in [3.8, 4) is 11.5 Å². The molecular formula is C29H33N3O4. The molecule has 7 nitrogen and oxygen atoms in total. The maximum absolute atomic E-state index is 13.9. The molecule has 0 spiro atoms. The Hall–Kier alpha value is -3.48. The monoisotopic (exact) mass is 487 g/mol. The molecule has 36 heavy (non-hydrogen) atoms. The summed E-state index contributed by atoms with van der Waals surface area (Å²) in [6.45, 7) is 4.10. The predicted octanol–water partition coefficient (Wildman–Crippen LogP) is 4.59. The van der Waals surface area contributed by atoms with E-state index in [1.54, 1.807) is 7.11 Å². The molecule has 1 saturated heterocycles. The SMILES string of the molecule is COc1cc(C2c3[nH]c4ccccc4c3C[C@H]3C(=O)N(C4CCCC4)CC(=O)N23)ccc1OC(C)C. The fraction of sp³-hybridized carbons (Fsp3) is 0.448. The third-order valence-corrected chi connectivity index (χ3v) is 7.92. The van der Waals surface area contributed by atoms with Gasteiger partial charge < -0.3 is 24.3 Å². The van der Waals surface area contributed by atoms with Crippen LogP contribution < -0.4 is 9.47 Å². The lowest BCUT2D eigenvalue weighted by atomic mass is 9.85. The Kier molecular flexibility index (Phi) is 5.66. The van der Waals surface area contributed by atoms with E-state index in [0.29, 0.717) is 17.9 Å². The highest BCUT2D eigenvalue weighted by molar-refractivity contribution is 5.98. The van der Waals surface area contributed by atoms with Gasteiger partial charge in [0.2, 0.25) is 11.8 Å². The smallest absolute Gasteiger partial charge is 0.246 e. The molecule has 188 valence electrons. The number of aromatic amines is 1. The molecule has 3 heterocycles. The summed E-state index contributed by atoms with van der Waals surface area (Å²) in [7, 11) is 1.62. The second-order valence-electron chi connectivity index (χ2n) is 10.5. The van der Waals surface area contributed by atoms with Gasteiger partial charge in [-0.3, -0.25) is 9.59 Å². The minimum atomic E-state index is -0.513. The Morgan fingerprint density at radius 3 is 2.56 bits per heavy atom. The lowest BCUT2D eigenvalue weighted by Gasteiger charge is -2.48. The molecule has 2 amide bonds. The van der Waals surface area contributed by atoms with Crippen LogP contribution in [0.1, 0.15) is 62.4 Å². The van der Waals surface area contributed by atoms with Crippen LogP contribution in [0.3, 0.4) is 0 Å². The van der Waals surface area contributed by atoms with Crippen LogP contribution in [-0.4, -0.2) is 58.4 Å². The normalized spacial score (nSPS) is 22.3.